The average molecular weight is 410 g/mol. The van der Waals surface area contributed by atoms with E-state index in [4.69, 9.17) is 0 Å². The number of carbonyl (C=O) groups is 1. The summed E-state index contributed by atoms with van der Waals surface area (Å²) in [6, 6.07) is 15.4. The van der Waals surface area contributed by atoms with Gasteiger partial charge in [-0.05, 0) is 60.4 Å². The highest BCUT2D eigenvalue weighted by atomic mass is 32.2. The number of hydrogen-bond acceptors (Lipinski definition) is 5. The maximum absolute atomic E-state index is 13.3. The van der Waals surface area contributed by atoms with E-state index in [1.54, 1.807) is 29.1 Å². The third-order valence-corrected chi connectivity index (χ3v) is 5.98. The van der Waals surface area contributed by atoms with E-state index in [2.05, 4.69) is 16.0 Å². The van der Waals surface area contributed by atoms with Crippen LogP contribution in [0.1, 0.15) is 15.9 Å². The molecule has 0 atom stereocenters. The van der Waals surface area contributed by atoms with Gasteiger partial charge >= 0.3 is 0 Å². The van der Waals surface area contributed by atoms with Crippen molar-refractivity contribution in [2.45, 2.75) is 11.4 Å². The molecule has 2 aromatic carbocycles. The minimum atomic E-state index is -0.375. The lowest BCUT2D eigenvalue weighted by Gasteiger charge is -2.20. The Morgan fingerprint density at radius 1 is 1.18 bits per heavy atom. The first-order valence-corrected chi connectivity index (χ1v) is 10.6. The van der Waals surface area contributed by atoms with E-state index in [1.807, 2.05) is 30.5 Å². The molecule has 4 aromatic rings. The maximum Gasteiger partial charge on any atom is 0.260 e. The van der Waals surface area contributed by atoms with Crippen molar-refractivity contribution in [2.24, 2.45) is 0 Å². The Labute approximate surface area is 170 Å². The van der Waals surface area contributed by atoms with Crippen molar-refractivity contribution in [2.75, 3.05) is 11.2 Å². The van der Waals surface area contributed by atoms with Crippen molar-refractivity contribution >= 4 is 44.4 Å². The van der Waals surface area contributed by atoms with Crippen LogP contribution in [0.4, 0.5) is 9.52 Å². The van der Waals surface area contributed by atoms with E-state index in [-0.39, 0.29) is 11.7 Å². The molecule has 0 N–H and O–H groups in total. The van der Waals surface area contributed by atoms with Gasteiger partial charge < -0.3 is 0 Å². The zero-order valence-electron chi connectivity index (χ0n) is 15.0. The van der Waals surface area contributed by atoms with E-state index < -0.39 is 0 Å². The highest BCUT2D eigenvalue weighted by molar-refractivity contribution is 7.98. The van der Waals surface area contributed by atoms with E-state index in [0.717, 1.165) is 20.7 Å². The van der Waals surface area contributed by atoms with Crippen molar-refractivity contribution in [1.82, 2.24) is 9.97 Å². The summed E-state index contributed by atoms with van der Waals surface area (Å²) in [6.07, 6.45) is 5.44. The Morgan fingerprint density at radius 2 is 2.00 bits per heavy atom. The summed E-state index contributed by atoms with van der Waals surface area (Å²) >= 11 is 3.13. The fourth-order valence-electron chi connectivity index (χ4n) is 2.78. The molecule has 4 nitrogen and oxygen atoms in total. The van der Waals surface area contributed by atoms with Crippen molar-refractivity contribution in [3.05, 3.63) is 83.9 Å². The fraction of sp³-hybridized carbons (Fsp3) is 0.0952. The predicted molar refractivity (Wildman–Crippen MR) is 113 cm³/mol. The molecule has 0 saturated carbocycles. The smallest absolute Gasteiger partial charge is 0.260 e. The molecule has 1 amide bonds. The van der Waals surface area contributed by atoms with Gasteiger partial charge in [0, 0.05) is 22.9 Å². The van der Waals surface area contributed by atoms with Crippen LogP contribution in [0.5, 0.6) is 0 Å². The molecule has 2 heterocycles. The SMILES string of the molecule is CSc1ccc2nc(N(Cc3cccnc3)C(=O)c3ccc(F)cc3)sc2c1. The van der Waals surface area contributed by atoms with Gasteiger partial charge in [-0.25, -0.2) is 9.37 Å². The van der Waals surface area contributed by atoms with E-state index in [0.29, 0.717) is 17.2 Å². The number of thioether (sulfide) groups is 1. The van der Waals surface area contributed by atoms with Gasteiger partial charge in [0.2, 0.25) is 0 Å². The number of hydrogen-bond donors (Lipinski definition) is 0. The number of anilines is 1. The molecule has 0 aliphatic heterocycles. The first-order valence-electron chi connectivity index (χ1n) is 8.55. The largest absolute Gasteiger partial charge is 0.279 e. The van der Waals surface area contributed by atoms with Gasteiger partial charge in [-0.3, -0.25) is 14.7 Å². The molecule has 28 heavy (non-hydrogen) atoms. The van der Waals surface area contributed by atoms with Crippen LogP contribution in [0.3, 0.4) is 0 Å². The van der Waals surface area contributed by atoms with Crippen LogP contribution in [0.2, 0.25) is 0 Å². The van der Waals surface area contributed by atoms with Crippen molar-refractivity contribution in [3.8, 4) is 0 Å². The minimum absolute atomic E-state index is 0.229. The molecule has 140 valence electrons. The number of benzene rings is 2. The summed E-state index contributed by atoms with van der Waals surface area (Å²) in [6.45, 7) is 0.333. The van der Waals surface area contributed by atoms with Gasteiger partial charge in [-0.2, -0.15) is 0 Å². The van der Waals surface area contributed by atoms with Crippen LogP contribution >= 0.6 is 23.1 Å². The fourth-order valence-corrected chi connectivity index (χ4v) is 4.30. The Balaban J connectivity index is 1.75. The lowest BCUT2D eigenvalue weighted by atomic mass is 10.2. The van der Waals surface area contributed by atoms with Crippen LogP contribution in [-0.2, 0) is 6.54 Å². The number of amides is 1. The maximum atomic E-state index is 13.3. The minimum Gasteiger partial charge on any atom is -0.279 e. The number of fused-ring (bicyclic) bond motifs is 1. The average Bonchev–Trinajstić information content (AvgIpc) is 3.15. The highest BCUT2D eigenvalue weighted by Crippen LogP contribution is 2.33. The van der Waals surface area contributed by atoms with Gasteiger partial charge in [0.15, 0.2) is 5.13 Å². The van der Waals surface area contributed by atoms with Gasteiger partial charge in [0.05, 0.1) is 16.8 Å². The Hall–Kier alpha value is -2.77. The Morgan fingerprint density at radius 3 is 2.71 bits per heavy atom. The third kappa shape index (κ3) is 3.90. The first-order chi connectivity index (χ1) is 13.6. The van der Waals surface area contributed by atoms with Gasteiger partial charge in [-0.15, -0.1) is 11.8 Å². The number of aromatic nitrogens is 2. The molecule has 0 spiro atoms. The lowest BCUT2D eigenvalue weighted by molar-refractivity contribution is 0.0985. The summed E-state index contributed by atoms with van der Waals surface area (Å²) in [7, 11) is 0. The summed E-state index contributed by atoms with van der Waals surface area (Å²) in [5, 5.41) is 0.603. The van der Waals surface area contributed by atoms with E-state index in [1.165, 1.54) is 35.6 Å². The molecule has 2 aromatic heterocycles. The first kappa shape index (κ1) is 18.6. The zero-order valence-corrected chi connectivity index (χ0v) is 16.6. The second-order valence-corrected chi connectivity index (χ2v) is 7.98. The quantitative estimate of drug-likeness (QED) is 0.414. The molecule has 0 aliphatic rings. The Bertz CT molecular complexity index is 1110. The normalized spacial score (nSPS) is 10.9. The van der Waals surface area contributed by atoms with Crippen LogP contribution in [-0.4, -0.2) is 22.1 Å². The number of rotatable bonds is 5. The van der Waals surface area contributed by atoms with E-state index >= 15 is 0 Å². The van der Waals surface area contributed by atoms with Crippen molar-refractivity contribution < 1.29 is 9.18 Å². The second-order valence-electron chi connectivity index (χ2n) is 6.09. The Kier molecular flexibility index (Phi) is 5.36. The number of pyridine rings is 1. The summed E-state index contributed by atoms with van der Waals surface area (Å²) in [5.74, 6) is -0.604. The molecule has 7 heteroatoms. The summed E-state index contributed by atoms with van der Waals surface area (Å²) < 4.78 is 14.3. The standard InChI is InChI=1S/C21H16FN3OS2/c1-27-17-8-9-18-19(11-17)28-21(24-18)25(13-14-3-2-10-23-12-14)20(26)15-4-6-16(22)7-5-15/h2-12H,13H2,1H3. The van der Waals surface area contributed by atoms with E-state index in [9.17, 15) is 9.18 Å². The monoisotopic (exact) mass is 409 g/mol. The van der Waals surface area contributed by atoms with Crippen molar-refractivity contribution in [3.63, 3.8) is 0 Å². The van der Waals surface area contributed by atoms with Crippen LogP contribution < -0.4 is 4.90 Å². The number of carbonyl (C=O) groups excluding carboxylic acids is 1. The predicted octanol–water partition coefficient (Wildman–Crippen LogP) is 5.40. The zero-order chi connectivity index (χ0) is 19.5. The van der Waals surface area contributed by atoms with Crippen molar-refractivity contribution in [1.29, 1.82) is 0 Å². The summed E-state index contributed by atoms with van der Waals surface area (Å²) in [4.78, 5) is 24.8. The number of thiazole rings is 1. The highest BCUT2D eigenvalue weighted by Gasteiger charge is 2.22. The molecule has 0 aliphatic carbocycles. The van der Waals surface area contributed by atoms with Gasteiger partial charge in [0.25, 0.3) is 5.91 Å². The molecule has 4 rings (SSSR count). The lowest BCUT2D eigenvalue weighted by Crippen LogP contribution is -2.30. The molecule has 0 saturated heterocycles. The van der Waals surface area contributed by atoms with Crippen LogP contribution in [0, 0.1) is 5.82 Å². The van der Waals surface area contributed by atoms with Gasteiger partial charge in [-0.1, -0.05) is 17.4 Å². The second kappa shape index (κ2) is 8.08. The van der Waals surface area contributed by atoms with Gasteiger partial charge in [0.1, 0.15) is 5.82 Å². The number of nitrogens with zero attached hydrogens (tertiary/aromatic N) is 3. The van der Waals surface area contributed by atoms with Crippen LogP contribution in [0.15, 0.2) is 71.9 Å². The molecule has 0 bridgehead atoms. The topological polar surface area (TPSA) is 46.1 Å². The molecule has 0 radical (unpaired) electrons. The molecule has 0 fully saturated rings. The van der Waals surface area contributed by atoms with Crippen LogP contribution in [0.25, 0.3) is 10.2 Å². The number of halogens is 1. The molecular formula is C21H16FN3OS2. The molecule has 0 unspecified atom stereocenters. The summed E-state index contributed by atoms with van der Waals surface area (Å²) in [5.41, 5.74) is 2.15. The molecular weight excluding hydrogens is 393 g/mol. The third-order valence-electron chi connectivity index (χ3n) is 4.22.